The minimum Gasteiger partial charge on any atom is -0.504 e. The van der Waals surface area contributed by atoms with Gasteiger partial charge in [0, 0.05) is 12.1 Å². The molecule has 2 rings (SSSR count). The number of phenols is 1. The molecule has 1 aromatic rings. The molecule has 0 radical (unpaired) electrons. The highest BCUT2D eigenvalue weighted by molar-refractivity contribution is 5.75. The van der Waals surface area contributed by atoms with Crippen LogP contribution >= 0.6 is 0 Å². The molecule has 0 unspecified atom stereocenters. The summed E-state index contributed by atoms with van der Waals surface area (Å²) in [5, 5.41) is 10.2. The highest BCUT2D eigenvalue weighted by Gasteiger charge is 2.30. The first-order valence-electron chi connectivity index (χ1n) is 7.43. The number of hydrogen-bond acceptors (Lipinski definition) is 5. The molecule has 1 aliphatic rings. The first-order chi connectivity index (χ1) is 10.2. The van der Waals surface area contributed by atoms with Crippen molar-refractivity contribution in [3.8, 4) is 11.5 Å². The van der Waals surface area contributed by atoms with Gasteiger partial charge in [0.1, 0.15) is 6.04 Å². The second-order valence-corrected chi connectivity index (χ2v) is 5.20. The Morgan fingerprint density at radius 1 is 1.43 bits per heavy atom. The molecule has 1 aromatic carbocycles. The number of esters is 1. The van der Waals surface area contributed by atoms with Gasteiger partial charge in [0.25, 0.3) is 0 Å². The number of piperidine rings is 1. The lowest BCUT2D eigenvalue weighted by molar-refractivity contribution is -0.151. The number of nitrogens with zero attached hydrogens (tertiary/aromatic N) is 1. The molecule has 1 N–H and O–H groups in total. The van der Waals surface area contributed by atoms with E-state index in [1.165, 1.54) is 7.11 Å². The Morgan fingerprint density at radius 3 is 2.95 bits per heavy atom. The van der Waals surface area contributed by atoms with Gasteiger partial charge in [-0.1, -0.05) is 18.6 Å². The summed E-state index contributed by atoms with van der Waals surface area (Å²) in [5.74, 6) is 0.435. The van der Waals surface area contributed by atoms with Gasteiger partial charge in [-0.05, 0) is 32.4 Å². The third kappa shape index (κ3) is 3.67. The molecule has 0 saturated carbocycles. The van der Waals surface area contributed by atoms with Gasteiger partial charge in [-0.15, -0.1) is 0 Å². The summed E-state index contributed by atoms with van der Waals surface area (Å²) in [6.07, 6.45) is 2.90. The van der Waals surface area contributed by atoms with E-state index in [0.717, 1.165) is 31.4 Å². The van der Waals surface area contributed by atoms with Gasteiger partial charge in [0.2, 0.25) is 0 Å². The number of methoxy groups -OCH3 is 1. The maximum atomic E-state index is 12.1. The van der Waals surface area contributed by atoms with Crippen molar-refractivity contribution in [2.45, 2.75) is 38.8 Å². The van der Waals surface area contributed by atoms with Crippen molar-refractivity contribution in [2.75, 3.05) is 20.3 Å². The number of para-hydroxylation sites is 1. The summed E-state index contributed by atoms with van der Waals surface area (Å²) < 4.78 is 10.3. The van der Waals surface area contributed by atoms with Crippen LogP contribution in [0.2, 0.25) is 0 Å². The molecule has 0 spiro atoms. The summed E-state index contributed by atoms with van der Waals surface area (Å²) in [6.45, 7) is 3.57. The molecule has 1 atom stereocenters. The smallest absolute Gasteiger partial charge is 0.323 e. The predicted molar refractivity (Wildman–Crippen MR) is 79.3 cm³/mol. The van der Waals surface area contributed by atoms with Crippen LogP contribution in [0.1, 0.15) is 31.7 Å². The average Bonchev–Trinajstić information content (AvgIpc) is 2.50. The van der Waals surface area contributed by atoms with Crippen LogP contribution < -0.4 is 4.74 Å². The van der Waals surface area contributed by atoms with Gasteiger partial charge in [-0.3, -0.25) is 9.69 Å². The molecule has 116 valence electrons. The quantitative estimate of drug-likeness (QED) is 0.844. The van der Waals surface area contributed by atoms with E-state index in [-0.39, 0.29) is 17.8 Å². The molecule has 5 nitrogen and oxygen atoms in total. The number of ether oxygens (including phenoxy) is 2. The van der Waals surface area contributed by atoms with Crippen molar-refractivity contribution in [3.63, 3.8) is 0 Å². The first-order valence-corrected chi connectivity index (χ1v) is 7.43. The molecule has 0 aromatic heterocycles. The van der Waals surface area contributed by atoms with Crippen LogP contribution in [0.3, 0.4) is 0 Å². The standard InChI is InChI=1S/C16H23NO4/c1-3-21-16(19)13-8-4-5-10-17(13)11-12-7-6-9-14(20-2)15(12)18/h6-7,9,13,18H,3-5,8,10-11H2,1-2H3/t13-/m1/s1. The Hall–Kier alpha value is -1.75. The lowest BCUT2D eigenvalue weighted by Crippen LogP contribution is -2.44. The number of rotatable bonds is 5. The monoisotopic (exact) mass is 293 g/mol. The minimum absolute atomic E-state index is 0.146. The average molecular weight is 293 g/mol. The highest BCUT2D eigenvalue weighted by Crippen LogP contribution is 2.31. The number of phenolic OH excluding ortho intramolecular Hbond substituents is 1. The molecule has 0 amide bonds. The van der Waals surface area contributed by atoms with E-state index in [9.17, 15) is 9.90 Å². The van der Waals surface area contributed by atoms with Crippen LogP contribution in [0.15, 0.2) is 18.2 Å². The van der Waals surface area contributed by atoms with E-state index in [1.807, 2.05) is 19.1 Å². The number of likely N-dealkylation sites (tertiary alicyclic amines) is 1. The maximum Gasteiger partial charge on any atom is 0.323 e. The first kappa shape index (κ1) is 15.6. The Labute approximate surface area is 125 Å². The SMILES string of the molecule is CCOC(=O)[C@H]1CCCCN1Cc1cccc(OC)c1O. The molecule has 1 saturated heterocycles. The maximum absolute atomic E-state index is 12.1. The van der Waals surface area contributed by atoms with Crippen LogP contribution in [0, 0.1) is 0 Å². The number of benzene rings is 1. The highest BCUT2D eigenvalue weighted by atomic mass is 16.5. The van der Waals surface area contributed by atoms with Gasteiger partial charge in [0.15, 0.2) is 11.5 Å². The minimum atomic E-state index is -0.218. The largest absolute Gasteiger partial charge is 0.504 e. The van der Waals surface area contributed by atoms with Gasteiger partial charge in [-0.25, -0.2) is 0 Å². The molecular formula is C16H23NO4. The Bertz CT molecular complexity index is 489. The van der Waals surface area contributed by atoms with Gasteiger partial charge in [0.05, 0.1) is 13.7 Å². The van der Waals surface area contributed by atoms with E-state index in [0.29, 0.717) is 18.9 Å². The lowest BCUT2D eigenvalue weighted by Gasteiger charge is -2.34. The van der Waals surface area contributed by atoms with Crippen molar-refractivity contribution < 1.29 is 19.4 Å². The summed E-state index contributed by atoms with van der Waals surface area (Å²) in [4.78, 5) is 14.1. The third-order valence-corrected chi connectivity index (χ3v) is 3.85. The number of carbonyl (C=O) groups is 1. The van der Waals surface area contributed by atoms with Gasteiger partial charge >= 0.3 is 5.97 Å². The summed E-state index contributed by atoms with van der Waals surface area (Å²) in [7, 11) is 1.53. The van der Waals surface area contributed by atoms with E-state index < -0.39 is 0 Å². The van der Waals surface area contributed by atoms with Crippen molar-refractivity contribution in [3.05, 3.63) is 23.8 Å². The Morgan fingerprint density at radius 2 is 2.24 bits per heavy atom. The summed E-state index contributed by atoms with van der Waals surface area (Å²) in [5.41, 5.74) is 0.769. The zero-order chi connectivity index (χ0) is 15.2. The Balaban J connectivity index is 2.14. The lowest BCUT2D eigenvalue weighted by atomic mass is 10.0. The number of carbonyl (C=O) groups excluding carboxylic acids is 1. The van der Waals surface area contributed by atoms with Crippen LogP contribution in [0.25, 0.3) is 0 Å². The zero-order valence-corrected chi connectivity index (χ0v) is 12.7. The van der Waals surface area contributed by atoms with Gasteiger partial charge < -0.3 is 14.6 Å². The second-order valence-electron chi connectivity index (χ2n) is 5.20. The molecule has 0 bridgehead atoms. The number of aromatic hydroxyl groups is 1. The fourth-order valence-corrected chi connectivity index (χ4v) is 2.76. The predicted octanol–water partition coefficient (Wildman–Crippen LogP) is 2.32. The van der Waals surface area contributed by atoms with Gasteiger partial charge in [-0.2, -0.15) is 0 Å². The summed E-state index contributed by atoms with van der Waals surface area (Å²) in [6, 6.07) is 5.20. The van der Waals surface area contributed by atoms with Crippen LogP contribution in [0.4, 0.5) is 0 Å². The van der Waals surface area contributed by atoms with Crippen LogP contribution in [-0.4, -0.2) is 42.3 Å². The molecule has 21 heavy (non-hydrogen) atoms. The second kappa shape index (κ2) is 7.31. The van der Waals surface area contributed by atoms with E-state index >= 15 is 0 Å². The van der Waals surface area contributed by atoms with Crippen molar-refractivity contribution >= 4 is 5.97 Å². The van der Waals surface area contributed by atoms with E-state index in [1.54, 1.807) is 6.07 Å². The van der Waals surface area contributed by atoms with Crippen molar-refractivity contribution in [1.29, 1.82) is 0 Å². The third-order valence-electron chi connectivity index (χ3n) is 3.85. The number of hydrogen-bond donors (Lipinski definition) is 1. The molecular weight excluding hydrogens is 270 g/mol. The molecule has 1 fully saturated rings. The molecule has 1 aliphatic heterocycles. The van der Waals surface area contributed by atoms with Crippen LogP contribution in [-0.2, 0) is 16.1 Å². The topological polar surface area (TPSA) is 59.0 Å². The van der Waals surface area contributed by atoms with E-state index in [4.69, 9.17) is 9.47 Å². The van der Waals surface area contributed by atoms with Crippen molar-refractivity contribution in [1.82, 2.24) is 4.90 Å². The fourth-order valence-electron chi connectivity index (χ4n) is 2.76. The molecule has 5 heteroatoms. The molecule has 1 heterocycles. The Kier molecular flexibility index (Phi) is 5.44. The molecule has 0 aliphatic carbocycles. The van der Waals surface area contributed by atoms with E-state index in [2.05, 4.69) is 4.90 Å². The zero-order valence-electron chi connectivity index (χ0n) is 12.7. The normalized spacial score (nSPS) is 19.2. The fraction of sp³-hybridized carbons (Fsp3) is 0.562. The summed E-state index contributed by atoms with van der Waals surface area (Å²) >= 11 is 0. The van der Waals surface area contributed by atoms with Crippen molar-refractivity contribution in [2.24, 2.45) is 0 Å². The van der Waals surface area contributed by atoms with Crippen LogP contribution in [0.5, 0.6) is 11.5 Å².